The van der Waals surface area contributed by atoms with Crippen molar-refractivity contribution in [3.8, 4) is 0 Å². The summed E-state index contributed by atoms with van der Waals surface area (Å²) >= 11 is 0. The van der Waals surface area contributed by atoms with E-state index in [-0.39, 0.29) is 6.04 Å². The number of benzene rings is 1. The zero-order chi connectivity index (χ0) is 16.2. The summed E-state index contributed by atoms with van der Waals surface area (Å²) in [6.07, 6.45) is 1.86. The van der Waals surface area contributed by atoms with Gasteiger partial charge in [0.05, 0.1) is 5.41 Å². The van der Waals surface area contributed by atoms with Gasteiger partial charge in [-0.05, 0) is 32.3 Å². The van der Waals surface area contributed by atoms with Crippen LogP contribution < -0.4 is 10.6 Å². The molecular weight excluding hydrogens is 284 g/mol. The van der Waals surface area contributed by atoms with Crippen LogP contribution in [0.2, 0.25) is 0 Å². The van der Waals surface area contributed by atoms with Gasteiger partial charge in [0.1, 0.15) is 0 Å². The number of carbonyl (C=O) groups excluding carboxylic acids is 3. The number of esters is 1. The number of hydrogen-bond donors (Lipinski definition) is 2. The number of imide groups is 1. The van der Waals surface area contributed by atoms with Crippen molar-refractivity contribution in [2.75, 3.05) is 6.61 Å². The van der Waals surface area contributed by atoms with Gasteiger partial charge in [-0.2, -0.15) is 0 Å². The van der Waals surface area contributed by atoms with Crippen LogP contribution in [0.5, 0.6) is 0 Å². The standard InChI is InChI=1S/C16H20N2O4/c1-16(2,11-6-4-3-5-7-11)14(20)22-10-13(19)18-15(21)17-12-8-9-12/h3-7,12H,8-10H2,1-2H3,(H2,17,18,19,21). The maximum absolute atomic E-state index is 12.1. The highest BCUT2D eigenvalue weighted by Crippen LogP contribution is 2.24. The van der Waals surface area contributed by atoms with Crippen LogP contribution in [0.4, 0.5) is 4.79 Å². The average molecular weight is 304 g/mol. The van der Waals surface area contributed by atoms with Crippen molar-refractivity contribution in [1.29, 1.82) is 0 Å². The van der Waals surface area contributed by atoms with Crippen LogP contribution in [0.3, 0.4) is 0 Å². The second kappa shape index (κ2) is 6.60. The second-order valence-electron chi connectivity index (χ2n) is 5.86. The molecule has 0 unspecified atom stereocenters. The minimum Gasteiger partial charge on any atom is -0.455 e. The van der Waals surface area contributed by atoms with Gasteiger partial charge in [0.15, 0.2) is 6.61 Å². The average Bonchev–Trinajstić information content (AvgIpc) is 3.29. The highest BCUT2D eigenvalue weighted by Gasteiger charge is 2.32. The van der Waals surface area contributed by atoms with Gasteiger partial charge in [-0.25, -0.2) is 4.79 Å². The van der Waals surface area contributed by atoms with E-state index in [1.807, 2.05) is 30.3 Å². The van der Waals surface area contributed by atoms with E-state index in [0.29, 0.717) is 0 Å². The molecule has 0 aliphatic heterocycles. The molecule has 0 radical (unpaired) electrons. The fraction of sp³-hybridized carbons (Fsp3) is 0.438. The van der Waals surface area contributed by atoms with Crippen molar-refractivity contribution in [2.45, 2.75) is 38.1 Å². The first-order valence-corrected chi connectivity index (χ1v) is 7.22. The Balaban J connectivity index is 1.81. The molecule has 2 N–H and O–H groups in total. The van der Waals surface area contributed by atoms with Crippen LogP contribution in [0.25, 0.3) is 0 Å². The third-order valence-corrected chi connectivity index (χ3v) is 3.51. The first-order valence-electron chi connectivity index (χ1n) is 7.22. The summed E-state index contributed by atoms with van der Waals surface area (Å²) in [5.41, 5.74) is -0.0652. The molecule has 6 nitrogen and oxygen atoms in total. The van der Waals surface area contributed by atoms with E-state index in [1.54, 1.807) is 13.8 Å². The van der Waals surface area contributed by atoms with Gasteiger partial charge in [-0.3, -0.25) is 14.9 Å². The normalized spacial score (nSPS) is 14.1. The SMILES string of the molecule is CC(C)(C(=O)OCC(=O)NC(=O)NC1CC1)c1ccccc1. The van der Waals surface area contributed by atoms with Crippen molar-refractivity contribution in [3.05, 3.63) is 35.9 Å². The number of urea groups is 1. The van der Waals surface area contributed by atoms with Crippen molar-refractivity contribution in [2.24, 2.45) is 0 Å². The molecule has 1 aromatic carbocycles. The highest BCUT2D eigenvalue weighted by molar-refractivity contribution is 5.96. The Labute approximate surface area is 129 Å². The summed E-state index contributed by atoms with van der Waals surface area (Å²) in [7, 11) is 0. The molecule has 0 aromatic heterocycles. The summed E-state index contributed by atoms with van der Waals surface area (Å²) in [5, 5.41) is 4.75. The Morgan fingerprint density at radius 1 is 1.18 bits per heavy atom. The Morgan fingerprint density at radius 3 is 2.41 bits per heavy atom. The van der Waals surface area contributed by atoms with Crippen LogP contribution in [-0.4, -0.2) is 30.6 Å². The van der Waals surface area contributed by atoms with Gasteiger partial charge < -0.3 is 10.1 Å². The molecule has 6 heteroatoms. The van der Waals surface area contributed by atoms with Crippen molar-refractivity contribution < 1.29 is 19.1 Å². The lowest BCUT2D eigenvalue weighted by atomic mass is 9.85. The first kappa shape index (κ1) is 16.0. The predicted molar refractivity (Wildman–Crippen MR) is 80.1 cm³/mol. The van der Waals surface area contributed by atoms with Gasteiger partial charge >= 0.3 is 12.0 Å². The van der Waals surface area contributed by atoms with E-state index in [0.717, 1.165) is 18.4 Å². The maximum atomic E-state index is 12.1. The van der Waals surface area contributed by atoms with E-state index in [1.165, 1.54) is 0 Å². The summed E-state index contributed by atoms with van der Waals surface area (Å²) in [4.78, 5) is 35.1. The summed E-state index contributed by atoms with van der Waals surface area (Å²) < 4.78 is 5.01. The fourth-order valence-electron chi connectivity index (χ4n) is 1.90. The van der Waals surface area contributed by atoms with Crippen molar-refractivity contribution >= 4 is 17.9 Å². The monoisotopic (exact) mass is 304 g/mol. The number of nitrogens with one attached hydrogen (secondary N) is 2. The lowest BCUT2D eigenvalue weighted by Crippen LogP contribution is -2.43. The summed E-state index contributed by atoms with van der Waals surface area (Å²) in [6.45, 7) is 2.97. The summed E-state index contributed by atoms with van der Waals surface area (Å²) in [6, 6.07) is 8.78. The van der Waals surface area contributed by atoms with Crippen molar-refractivity contribution in [1.82, 2.24) is 10.6 Å². The number of amides is 3. The molecule has 0 heterocycles. The zero-order valence-corrected chi connectivity index (χ0v) is 12.7. The molecule has 118 valence electrons. The molecule has 0 atom stereocenters. The summed E-state index contributed by atoms with van der Waals surface area (Å²) in [5.74, 6) is -1.16. The zero-order valence-electron chi connectivity index (χ0n) is 12.7. The number of hydrogen-bond acceptors (Lipinski definition) is 4. The minimum absolute atomic E-state index is 0.160. The molecule has 0 saturated heterocycles. The van der Waals surface area contributed by atoms with E-state index >= 15 is 0 Å². The molecule has 1 aliphatic carbocycles. The molecule has 22 heavy (non-hydrogen) atoms. The topological polar surface area (TPSA) is 84.5 Å². The smallest absolute Gasteiger partial charge is 0.321 e. The Morgan fingerprint density at radius 2 is 1.82 bits per heavy atom. The largest absolute Gasteiger partial charge is 0.455 e. The quantitative estimate of drug-likeness (QED) is 0.807. The molecular formula is C16H20N2O4. The van der Waals surface area contributed by atoms with E-state index < -0.39 is 29.9 Å². The lowest BCUT2D eigenvalue weighted by molar-refractivity contribution is -0.153. The maximum Gasteiger partial charge on any atom is 0.321 e. The second-order valence-corrected chi connectivity index (χ2v) is 5.86. The third-order valence-electron chi connectivity index (χ3n) is 3.51. The van der Waals surface area contributed by atoms with Crippen LogP contribution in [0, 0.1) is 0 Å². The van der Waals surface area contributed by atoms with Gasteiger partial charge in [0, 0.05) is 6.04 Å². The van der Waals surface area contributed by atoms with Crippen LogP contribution in [0.15, 0.2) is 30.3 Å². The molecule has 1 saturated carbocycles. The van der Waals surface area contributed by atoms with Crippen LogP contribution in [0.1, 0.15) is 32.3 Å². The van der Waals surface area contributed by atoms with E-state index in [9.17, 15) is 14.4 Å². The fourth-order valence-corrected chi connectivity index (χ4v) is 1.90. The van der Waals surface area contributed by atoms with Gasteiger partial charge in [-0.1, -0.05) is 30.3 Å². The highest BCUT2D eigenvalue weighted by atomic mass is 16.5. The predicted octanol–water partition coefficient (Wildman–Crippen LogP) is 1.50. The van der Waals surface area contributed by atoms with Crippen LogP contribution >= 0.6 is 0 Å². The molecule has 0 spiro atoms. The van der Waals surface area contributed by atoms with Gasteiger partial charge in [0.25, 0.3) is 5.91 Å². The Bertz CT molecular complexity index is 565. The molecule has 3 amide bonds. The first-order chi connectivity index (χ1) is 10.4. The Hall–Kier alpha value is -2.37. The van der Waals surface area contributed by atoms with E-state index in [4.69, 9.17) is 4.74 Å². The van der Waals surface area contributed by atoms with Crippen LogP contribution in [-0.2, 0) is 19.7 Å². The Kier molecular flexibility index (Phi) is 4.80. The van der Waals surface area contributed by atoms with Gasteiger partial charge in [-0.15, -0.1) is 0 Å². The molecule has 1 fully saturated rings. The number of ether oxygens (including phenoxy) is 1. The minimum atomic E-state index is -0.863. The molecule has 0 bridgehead atoms. The number of carbonyl (C=O) groups is 3. The lowest BCUT2D eigenvalue weighted by Gasteiger charge is -2.22. The van der Waals surface area contributed by atoms with Crippen molar-refractivity contribution in [3.63, 3.8) is 0 Å². The molecule has 2 rings (SSSR count). The van der Waals surface area contributed by atoms with Gasteiger partial charge in [0.2, 0.25) is 0 Å². The third kappa shape index (κ3) is 4.31. The number of rotatable bonds is 5. The molecule has 1 aromatic rings. The van der Waals surface area contributed by atoms with E-state index in [2.05, 4.69) is 10.6 Å². The molecule has 1 aliphatic rings.